The molecule has 0 N–H and O–H groups in total. The second kappa shape index (κ2) is 7.35. The maximum Gasteiger partial charge on any atom is 0.138 e. The molecule has 0 saturated carbocycles. The van der Waals surface area contributed by atoms with Crippen LogP contribution in [0, 0.1) is 0 Å². The van der Waals surface area contributed by atoms with Gasteiger partial charge in [-0.15, -0.1) is 5.10 Å². The van der Waals surface area contributed by atoms with Crippen LogP contribution < -0.4 is 4.74 Å². The average molecular weight is 301 g/mol. The summed E-state index contributed by atoms with van der Waals surface area (Å²) in [5.74, 6) is 0.941. The second-order valence-corrected chi connectivity index (χ2v) is 5.75. The van der Waals surface area contributed by atoms with E-state index in [4.69, 9.17) is 4.74 Å². The number of rotatable bonds is 6. The fraction of sp³-hybridized carbons (Fsp3) is 0.562. The number of aryl methyl sites for hydroxylation is 1. The summed E-state index contributed by atoms with van der Waals surface area (Å²) in [5.41, 5.74) is 1.36. The first-order valence-electron chi connectivity index (χ1n) is 7.95. The second-order valence-electron chi connectivity index (χ2n) is 5.75. The third-order valence-electron chi connectivity index (χ3n) is 4.32. The first-order valence-corrected chi connectivity index (χ1v) is 7.95. The van der Waals surface area contributed by atoms with Crippen molar-refractivity contribution in [3.8, 4) is 5.75 Å². The number of aromatic nitrogens is 4. The molecule has 0 bridgehead atoms. The number of likely N-dealkylation sites (tertiary alicyclic amines) is 1. The molecule has 22 heavy (non-hydrogen) atoms. The molecule has 1 aliphatic rings. The summed E-state index contributed by atoms with van der Waals surface area (Å²) < 4.78 is 7.16. The standard InChI is InChI=1S/C16H23N5O/c1-22-15-7-4-6-14(12-15)16-8-2-3-9-20(16)10-5-11-21-13-17-18-19-21/h4,6-7,12-13,16H,2-3,5,8-11H2,1H3/t16-/m1/s1. The van der Waals surface area contributed by atoms with E-state index in [1.165, 1.54) is 24.8 Å². The lowest BCUT2D eigenvalue weighted by molar-refractivity contribution is 0.144. The molecule has 1 atom stereocenters. The summed E-state index contributed by atoms with van der Waals surface area (Å²) in [5, 5.41) is 11.3. The largest absolute Gasteiger partial charge is 0.497 e. The van der Waals surface area contributed by atoms with Crippen molar-refractivity contribution in [2.24, 2.45) is 0 Å². The maximum atomic E-state index is 5.37. The van der Waals surface area contributed by atoms with Crippen molar-refractivity contribution in [1.82, 2.24) is 25.1 Å². The van der Waals surface area contributed by atoms with Crippen LogP contribution in [-0.2, 0) is 6.54 Å². The molecular formula is C16H23N5O. The molecule has 0 radical (unpaired) electrons. The van der Waals surface area contributed by atoms with Gasteiger partial charge in [-0.1, -0.05) is 18.6 Å². The van der Waals surface area contributed by atoms with Gasteiger partial charge in [-0.3, -0.25) is 4.90 Å². The summed E-state index contributed by atoms with van der Waals surface area (Å²) in [6, 6.07) is 8.98. The minimum Gasteiger partial charge on any atom is -0.497 e. The number of methoxy groups -OCH3 is 1. The third kappa shape index (κ3) is 3.62. The highest BCUT2D eigenvalue weighted by Crippen LogP contribution is 2.32. The molecule has 0 unspecified atom stereocenters. The van der Waals surface area contributed by atoms with Crippen LogP contribution >= 0.6 is 0 Å². The molecule has 0 spiro atoms. The van der Waals surface area contributed by atoms with Gasteiger partial charge in [-0.2, -0.15) is 0 Å². The molecule has 0 aliphatic carbocycles. The minimum absolute atomic E-state index is 0.498. The molecule has 1 aliphatic heterocycles. The van der Waals surface area contributed by atoms with Gasteiger partial charge < -0.3 is 4.74 Å². The summed E-state index contributed by atoms with van der Waals surface area (Å²) in [6.07, 6.45) is 6.54. The molecule has 1 aromatic carbocycles. The van der Waals surface area contributed by atoms with Gasteiger partial charge in [0, 0.05) is 19.1 Å². The van der Waals surface area contributed by atoms with Gasteiger partial charge >= 0.3 is 0 Å². The number of ether oxygens (including phenoxy) is 1. The number of tetrazole rings is 1. The number of nitrogens with zero attached hydrogens (tertiary/aromatic N) is 5. The molecule has 3 rings (SSSR count). The summed E-state index contributed by atoms with van der Waals surface area (Å²) in [7, 11) is 1.73. The van der Waals surface area contributed by atoms with E-state index in [-0.39, 0.29) is 0 Å². The Morgan fingerprint density at radius 1 is 1.27 bits per heavy atom. The van der Waals surface area contributed by atoms with Gasteiger partial charge in [0.05, 0.1) is 7.11 Å². The highest BCUT2D eigenvalue weighted by molar-refractivity contribution is 5.30. The Morgan fingerprint density at radius 2 is 2.23 bits per heavy atom. The van der Waals surface area contributed by atoms with E-state index in [9.17, 15) is 0 Å². The molecule has 1 aromatic heterocycles. The summed E-state index contributed by atoms with van der Waals surface area (Å²) in [4.78, 5) is 2.59. The molecule has 1 saturated heterocycles. The quantitative estimate of drug-likeness (QED) is 0.819. The highest BCUT2D eigenvalue weighted by atomic mass is 16.5. The predicted octanol–water partition coefficient (Wildman–Crippen LogP) is 2.30. The molecule has 6 nitrogen and oxygen atoms in total. The summed E-state index contributed by atoms with van der Waals surface area (Å²) >= 11 is 0. The van der Waals surface area contributed by atoms with E-state index in [1.807, 2.05) is 6.07 Å². The van der Waals surface area contributed by atoms with Gasteiger partial charge in [-0.25, -0.2) is 4.68 Å². The maximum absolute atomic E-state index is 5.37. The van der Waals surface area contributed by atoms with Crippen molar-refractivity contribution in [2.75, 3.05) is 20.2 Å². The van der Waals surface area contributed by atoms with E-state index in [1.54, 1.807) is 18.1 Å². The van der Waals surface area contributed by atoms with Crippen LogP contribution in [-0.4, -0.2) is 45.3 Å². The minimum atomic E-state index is 0.498. The van der Waals surface area contributed by atoms with E-state index < -0.39 is 0 Å². The van der Waals surface area contributed by atoms with Crippen LogP contribution in [0.1, 0.15) is 37.3 Å². The van der Waals surface area contributed by atoms with Crippen LogP contribution in [0.15, 0.2) is 30.6 Å². The van der Waals surface area contributed by atoms with Crippen molar-refractivity contribution in [3.05, 3.63) is 36.2 Å². The average Bonchev–Trinajstić information content (AvgIpc) is 3.09. The highest BCUT2D eigenvalue weighted by Gasteiger charge is 2.23. The van der Waals surface area contributed by atoms with Gasteiger partial charge in [0.15, 0.2) is 0 Å². The first kappa shape index (κ1) is 15.0. The van der Waals surface area contributed by atoms with Crippen LogP contribution in [0.4, 0.5) is 0 Å². The van der Waals surface area contributed by atoms with Crippen molar-refractivity contribution in [2.45, 2.75) is 38.3 Å². The lowest BCUT2D eigenvalue weighted by Crippen LogP contribution is -2.34. The van der Waals surface area contributed by atoms with Crippen molar-refractivity contribution in [1.29, 1.82) is 0 Å². The zero-order valence-electron chi connectivity index (χ0n) is 13.1. The monoisotopic (exact) mass is 301 g/mol. The van der Waals surface area contributed by atoms with Gasteiger partial charge in [0.1, 0.15) is 12.1 Å². The third-order valence-corrected chi connectivity index (χ3v) is 4.32. The van der Waals surface area contributed by atoms with Crippen LogP contribution in [0.3, 0.4) is 0 Å². The Kier molecular flexibility index (Phi) is 5.00. The Balaban J connectivity index is 1.62. The smallest absolute Gasteiger partial charge is 0.138 e. The van der Waals surface area contributed by atoms with Crippen molar-refractivity contribution >= 4 is 0 Å². The first-order chi connectivity index (χ1) is 10.9. The van der Waals surface area contributed by atoms with E-state index in [0.717, 1.165) is 31.8 Å². The van der Waals surface area contributed by atoms with Gasteiger partial charge in [0.25, 0.3) is 0 Å². The van der Waals surface area contributed by atoms with Crippen molar-refractivity contribution in [3.63, 3.8) is 0 Å². The van der Waals surface area contributed by atoms with Crippen LogP contribution in [0.2, 0.25) is 0 Å². The number of hydrogen-bond donors (Lipinski definition) is 0. The SMILES string of the molecule is COc1cccc([C@H]2CCCCN2CCCn2cnnn2)c1. The zero-order chi connectivity index (χ0) is 15.2. The molecule has 118 valence electrons. The Morgan fingerprint density at radius 3 is 3.05 bits per heavy atom. The van der Waals surface area contributed by atoms with E-state index in [0.29, 0.717) is 6.04 Å². The topological polar surface area (TPSA) is 56.1 Å². The molecule has 0 amide bonds. The van der Waals surface area contributed by atoms with Gasteiger partial charge in [0.2, 0.25) is 0 Å². The fourth-order valence-electron chi connectivity index (χ4n) is 3.20. The van der Waals surface area contributed by atoms with Crippen molar-refractivity contribution < 1.29 is 4.74 Å². The Labute approximate surface area is 131 Å². The normalized spacial score (nSPS) is 19.2. The zero-order valence-corrected chi connectivity index (χ0v) is 13.1. The lowest BCUT2D eigenvalue weighted by Gasteiger charge is -2.36. The number of benzene rings is 1. The fourth-order valence-corrected chi connectivity index (χ4v) is 3.20. The van der Waals surface area contributed by atoms with Crippen LogP contribution in [0.25, 0.3) is 0 Å². The lowest BCUT2D eigenvalue weighted by atomic mass is 9.95. The van der Waals surface area contributed by atoms with Gasteiger partial charge in [-0.05, 0) is 53.9 Å². The molecule has 6 heteroatoms. The predicted molar refractivity (Wildman–Crippen MR) is 83.6 cm³/mol. The Bertz CT molecular complexity index is 572. The van der Waals surface area contributed by atoms with Crippen LogP contribution in [0.5, 0.6) is 5.75 Å². The number of piperidine rings is 1. The Hall–Kier alpha value is -1.95. The van der Waals surface area contributed by atoms with E-state index >= 15 is 0 Å². The molecular weight excluding hydrogens is 278 g/mol. The number of hydrogen-bond acceptors (Lipinski definition) is 5. The van der Waals surface area contributed by atoms with E-state index in [2.05, 4.69) is 38.6 Å². The molecule has 2 heterocycles. The molecule has 1 fully saturated rings. The summed E-state index contributed by atoms with van der Waals surface area (Å²) in [6.45, 7) is 3.10. The molecule has 2 aromatic rings.